The second-order valence-electron chi connectivity index (χ2n) is 4.00. The summed E-state index contributed by atoms with van der Waals surface area (Å²) in [6.45, 7) is 7.38. The molecule has 1 saturated heterocycles. The van der Waals surface area contributed by atoms with Gasteiger partial charge in [-0.25, -0.2) is 4.72 Å². The topological polar surface area (TPSA) is 61.4 Å². The average molecular weight is 272 g/mol. The average Bonchev–Trinajstić information content (AvgIpc) is 2.60. The molecular weight excluding hydrogens is 250 g/mol. The van der Waals surface area contributed by atoms with Crippen LogP contribution in [-0.4, -0.2) is 45.4 Å². The molecule has 7 heteroatoms. The van der Waals surface area contributed by atoms with Gasteiger partial charge in [-0.1, -0.05) is 13.8 Å². The first-order chi connectivity index (χ1) is 7.06. The predicted molar refractivity (Wildman–Crippen MR) is 68.1 cm³/mol. The number of likely N-dealkylation sites (N-methyl/N-ethyl adjacent to an activating group) is 1. The zero-order valence-electron chi connectivity index (χ0n) is 9.90. The van der Waals surface area contributed by atoms with Crippen LogP contribution in [-0.2, 0) is 10.2 Å². The lowest BCUT2D eigenvalue weighted by Crippen LogP contribution is -2.41. The van der Waals surface area contributed by atoms with E-state index in [1.165, 1.54) is 4.31 Å². The predicted octanol–water partition coefficient (Wildman–Crippen LogP) is 0.194. The van der Waals surface area contributed by atoms with Gasteiger partial charge in [0.05, 0.1) is 0 Å². The van der Waals surface area contributed by atoms with Gasteiger partial charge in [-0.15, -0.1) is 12.4 Å². The molecule has 0 radical (unpaired) electrons. The molecule has 0 bridgehead atoms. The number of nitrogens with zero attached hydrogens (tertiary/aromatic N) is 1. The fraction of sp³-hybridized carbons (Fsp3) is 1.00. The second kappa shape index (κ2) is 7.45. The van der Waals surface area contributed by atoms with Crippen molar-refractivity contribution in [3.05, 3.63) is 0 Å². The number of rotatable bonds is 6. The van der Waals surface area contributed by atoms with Gasteiger partial charge < -0.3 is 5.32 Å². The summed E-state index contributed by atoms with van der Waals surface area (Å²) in [5.41, 5.74) is 0. The Morgan fingerprint density at radius 3 is 2.56 bits per heavy atom. The molecule has 1 aliphatic heterocycles. The smallest absolute Gasteiger partial charge is 0.279 e. The van der Waals surface area contributed by atoms with E-state index in [9.17, 15) is 8.42 Å². The lowest BCUT2D eigenvalue weighted by Gasteiger charge is -2.16. The molecule has 5 nitrogen and oxygen atoms in total. The standard InChI is InChI=1S/C9H21N3O2S.ClH/c1-3-10-5-6-11-15(13,14)12-7-4-9(2)8-12;/h9-11H,3-8H2,1-2H3;1H. The number of halogens is 1. The summed E-state index contributed by atoms with van der Waals surface area (Å²) < 4.78 is 27.6. The quantitative estimate of drug-likeness (QED) is 0.678. The molecule has 1 fully saturated rings. The highest BCUT2D eigenvalue weighted by molar-refractivity contribution is 7.87. The van der Waals surface area contributed by atoms with E-state index >= 15 is 0 Å². The van der Waals surface area contributed by atoms with Gasteiger partial charge in [-0.3, -0.25) is 0 Å². The summed E-state index contributed by atoms with van der Waals surface area (Å²) in [7, 11) is -3.23. The van der Waals surface area contributed by atoms with Gasteiger partial charge in [0.25, 0.3) is 10.2 Å². The molecule has 1 rings (SSSR count). The maximum Gasteiger partial charge on any atom is 0.279 e. The Hall–Kier alpha value is 0.120. The summed E-state index contributed by atoms with van der Waals surface area (Å²) in [5.74, 6) is 0.482. The van der Waals surface area contributed by atoms with Gasteiger partial charge in [-0.2, -0.15) is 12.7 Å². The molecule has 1 aliphatic rings. The number of hydrogen-bond donors (Lipinski definition) is 2. The molecule has 0 spiro atoms. The molecular formula is C9H22ClN3O2S. The van der Waals surface area contributed by atoms with Crippen LogP contribution in [0.2, 0.25) is 0 Å². The molecule has 0 aliphatic carbocycles. The van der Waals surface area contributed by atoms with Gasteiger partial charge >= 0.3 is 0 Å². The Morgan fingerprint density at radius 2 is 2.06 bits per heavy atom. The first-order valence-corrected chi connectivity index (χ1v) is 6.95. The Morgan fingerprint density at radius 1 is 1.38 bits per heavy atom. The van der Waals surface area contributed by atoms with Gasteiger partial charge in [0, 0.05) is 26.2 Å². The Labute approximate surface area is 105 Å². The van der Waals surface area contributed by atoms with E-state index in [1.807, 2.05) is 6.92 Å². The third-order valence-corrected chi connectivity index (χ3v) is 4.14. The van der Waals surface area contributed by atoms with Crippen molar-refractivity contribution in [1.82, 2.24) is 14.3 Å². The molecule has 0 aromatic rings. The van der Waals surface area contributed by atoms with E-state index in [0.29, 0.717) is 32.1 Å². The molecule has 98 valence electrons. The molecule has 0 amide bonds. The van der Waals surface area contributed by atoms with Crippen LogP contribution in [0.4, 0.5) is 0 Å². The fourth-order valence-corrected chi connectivity index (χ4v) is 2.99. The first-order valence-electron chi connectivity index (χ1n) is 5.51. The number of nitrogens with one attached hydrogen (secondary N) is 2. The summed E-state index contributed by atoms with van der Waals surface area (Å²) in [4.78, 5) is 0. The van der Waals surface area contributed by atoms with Crippen molar-refractivity contribution in [2.45, 2.75) is 20.3 Å². The minimum Gasteiger partial charge on any atom is -0.316 e. The van der Waals surface area contributed by atoms with E-state index in [-0.39, 0.29) is 12.4 Å². The molecule has 16 heavy (non-hydrogen) atoms. The van der Waals surface area contributed by atoms with E-state index in [4.69, 9.17) is 0 Å². The van der Waals surface area contributed by atoms with Crippen molar-refractivity contribution in [2.75, 3.05) is 32.7 Å². The summed E-state index contributed by atoms with van der Waals surface area (Å²) >= 11 is 0. The van der Waals surface area contributed by atoms with Gasteiger partial charge in [0.15, 0.2) is 0 Å². The van der Waals surface area contributed by atoms with Crippen molar-refractivity contribution in [3.8, 4) is 0 Å². The van der Waals surface area contributed by atoms with Crippen LogP contribution in [0.15, 0.2) is 0 Å². The molecule has 2 N–H and O–H groups in total. The molecule has 1 unspecified atom stereocenters. The van der Waals surface area contributed by atoms with Gasteiger partial charge in [0.1, 0.15) is 0 Å². The van der Waals surface area contributed by atoms with Crippen molar-refractivity contribution in [2.24, 2.45) is 5.92 Å². The molecule has 1 atom stereocenters. The van der Waals surface area contributed by atoms with Crippen molar-refractivity contribution < 1.29 is 8.42 Å². The Bertz CT molecular complexity index is 284. The van der Waals surface area contributed by atoms with Crippen molar-refractivity contribution in [3.63, 3.8) is 0 Å². The highest BCUT2D eigenvalue weighted by Gasteiger charge is 2.28. The minimum atomic E-state index is -3.23. The van der Waals surface area contributed by atoms with Crippen molar-refractivity contribution in [1.29, 1.82) is 0 Å². The van der Waals surface area contributed by atoms with Crippen LogP contribution in [0.3, 0.4) is 0 Å². The van der Waals surface area contributed by atoms with E-state index in [0.717, 1.165) is 13.0 Å². The SMILES string of the molecule is CCNCCNS(=O)(=O)N1CCC(C)C1.Cl. The third-order valence-electron chi connectivity index (χ3n) is 2.56. The monoisotopic (exact) mass is 271 g/mol. The van der Waals surface area contributed by atoms with Gasteiger partial charge in [-0.05, 0) is 18.9 Å². The summed E-state index contributed by atoms with van der Waals surface area (Å²) in [5, 5.41) is 3.07. The zero-order chi connectivity index (χ0) is 11.3. The molecule has 1 heterocycles. The second-order valence-corrected chi connectivity index (χ2v) is 5.76. The van der Waals surface area contributed by atoms with Crippen LogP contribution >= 0.6 is 12.4 Å². The lowest BCUT2D eigenvalue weighted by atomic mass is 10.2. The van der Waals surface area contributed by atoms with Crippen LogP contribution in [0.5, 0.6) is 0 Å². The highest BCUT2D eigenvalue weighted by Crippen LogP contribution is 2.17. The van der Waals surface area contributed by atoms with Crippen LogP contribution < -0.4 is 10.0 Å². The van der Waals surface area contributed by atoms with Crippen LogP contribution in [0.1, 0.15) is 20.3 Å². The molecule has 0 aromatic heterocycles. The Balaban J connectivity index is 0.00000225. The highest BCUT2D eigenvalue weighted by atomic mass is 35.5. The van der Waals surface area contributed by atoms with E-state index in [2.05, 4.69) is 17.0 Å². The molecule has 0 aromatic carbocycles. The third kappa shape index (κ3) is 4.97. The van der Waals surface area contributed by atoms with E-state index < -0.39 is 10.2 Å². The Kier molecular flexibility index (Phi) is 7.50. The maximum atomic E-state index is 11.7. The lowest BCUT2D eigenvalue weighted by molar-refractivity contribution is 0.452. The van der Waals surface area contributed by atoms with Crippen LogP contribution in [0.25, 0.3) is 0 Å². The number of hydrogen-bond acceptors (Lipinski definition) is 3. The van der Waals surface area contributed by atoms with Crippen LogP contribution in [0, 0.1) is 5.92 Å². The van der Waals surface area contributed by atoms with Crippen molar-refractivity contribution >= 4 is 22.6 Å². The fourth-order valence-electron chi connectivity index (χ4n) is 1.65. The first kappa shape index (κ1) is 16.1. The maximum absolute atomic E-state index is 11.7. The largest absolute Gasteiger partial charge is 0.316 e. The van der Waals surface area contributed by atoms with Gasteiger partial charge in [0.2, 0.25) is 0 Å². The zero-order valence-corrected chi connectivity index (χ0v) is 11.5. The van der Waals surface area contributed by atoms with E-state index in [1.54, 1.807) is 0 Å². The summed E-state index contributed by atoms with van der Waals surface area (Å²) in [6, 6.07) is 0. The minimum absolute atomic E-state index is 0. The summed E-state index contributed by atoms with van der Waals surface area (Å²) in [6.07, 6.45) is 0.966. The normalized spacial score (nSPS) is 22.0. The molecule has 0 saturated carbocycles.